The van der Waals surface area contributed by atoms with Gasteiger partial charge in [-0.1, -0.05) is 44.2 Å². The second kappa shape index (κ2) is 8.46. The van der Waals surface area contributed by atoms with Gasteiger partial charge >= 0.3 is 0 Å². The van der Waals surface area contributed by atoms with Crippen molar-refractivity contribution in [3.05, 3.63) is 35.9 Å². The largest absolute Gasteiger partial charge is 0.352 e. The van der Waals surface area contributed by atoms with E-state index in [1.807, 2.05) is 0 Å². The van der Waals surface area contributed by atoms with Crippen LogP contribution in [0.15, 0.2) is 30.3 Å². The summed E-state index contributed by atoms with van der Waals surface area (Å²) in [5.41, 5.74) is 7.32. The number of hydrogen-bond donors (Lipinski definition) is 2. The van der Waals surface area contributed by atoms with E-state index in [0.717, 1.165) is 32.4 Å². The van der Waals surface area contributed by atoms with Crippen LogP contribution < -0.4 is 11.1 Å². The summed E-state index contributed by atoms with van der Waals surface area (Å²) in [6, 6.07) is 10.9. The Morgan fingerprint density at radius 3 is 2.39 bits per heavy atom. The van der Waals surface area contributed by atoms with E-state index in [-0.39, 0.29) is 18.0 Å². The monoisotopic (exact) mass is 317 g/mol. The van der Waals surface area contributed by atoms with E-state index in [9.17, 15) is 4.79 Å². The number of amides is 1. The Bertz CT molecular complexity index is 481. The molecule has 1 amide bonds. The maximum absolute atomic E-state index is 12.1. The molecule has 0 saturated carbocycles. The number of hydrogen-bond acceptors (Lipinski definition) is 3. The van der Waals surface area contributed by atoms with Gasteiger partial charge in [0.25, 0.3) is 0 Å². The zero-order valence-corrected chi connectivity index (χ0v) is 14.7. The lowest BCUT2D eigenvalue weighted by atomic mass is 9.99. The van der Waals surface area contributed by atoms with E-state index in [2.05, 4.69) is 61.3 Å². The summed E-state index contributed by atoms with van der Waals surface area (Å²) in [4.78, 5) is 14.6. The smallest absolute Gasteiger partial charge is 0.237 e. The minimum absolute atomic E-state index is 0.00765. The lowest BCUT2D eigenvalue weighted by Crippen LogP contribution is -2.50. The van der Waals surface area contributed by atoms with Crippen LogP contribution in [0.4, 0.5) is 0 Å². The second-order valence-electron chi connectivity index (χ2n) is 7.14. The van der Waals surface area contributed by atoms with Gasteiger partial charge < -0.3 is 11.1 Å². The summed E-state index contributed by atoms with van der Waals surface area (Å²) in [5.74, 6) is 0.456. The highest BCUT2D eigenvalue weighted by atomic mass is 16.2. The molecule has 1 aromatic carbocycles. The van der Waals surface area contributed by atoms with Crippen molar-refractivity contribution in [1.29, 1.82) is 0 Å². The van der Waals surface area contributed by atoms with Crippen molar-refractivity contribution in [2.75, 3.05) is 13.1 Å². The molecule has 1 aliphatic heterocycles. The summed E-state index contributed by atoms with van der Waals surface area (Å²) >= 11 is 0. The Hall–Kier alpha value is -1.39. The van der Waals surface area contributed by atoms with Crippen LogP contribution in [0.1, 0.15) is 51.6 Å². The quantitative estimate of drug-likeness (QED) is 0.848. The van der Waals surface area contributed by atoms with Crippen molar-refractivity contribution >= 4 is 5.91 Å². The fourth-order valence-electron chi connectivity index (χ4n) is 3.30. The minimum Gasteiger partial charge on any atom is -0.352 e. The van der Waals surface area contributed by atoms with Gasteiger partial charge in [0.15, 0.2) is 0 Å². The van der Waals surface area contributed by atoms with Crippen LogP contribution in [0.5, 0.6) is 0 Å². The van der Waals surface area contributed by atoms with Gasteiger partial charge in [-0.05, 0) is 37.7 Å². The molecular weight excluding hydrogens is 286 g/mol. The van der Waals surface area contributed by atoms with E-state index >= 15 is 0 Å². The topological polar surface area (TPSA) is 58.4 Å². The van der Waals surface area contributed by atoms with Crippen LogP contribution in [-0.2, 0) is 4.79 Å². The third-order valence-corrected chi connectivity index (χ3v) is 4.77. The Labute approximate surface area is 140 Å². The fourth-order valence-corrected chi connectivity index (χ4v) is 3.30. The number of rotatable bonds is 6. The summed E-state index contributed by atoms with van der Waals surface area (Å²) in [7, 11) is 0. The molecule has 0 unspecified atom stereocenters. The van der Waals surface area contributed by atoms with E-state index in [0.29, 0.717) is 12.0 Å². The first-order chi connectivity index (χ1) is 11.0. The van der Waals surface area contributed by atoms with Crippen molar-refractivity contribution in [2.24, 2.45) is 11.7 Å². The lowest BCUT2D eigenvalue weighted by molar-refractivity contribution is -0.123. The number of carbonyl (C=O) groups is 1. The molecule has 128 valence electrons. The SMILES string of the molecule is CC(C)C[C@H](N)C(=O)NC1CCN([C@H](C)c2ccccc2)CC1. The van der Waals surface area contributed by atoms with Gasteiger partial charge in [-0.2, -0.15) is 0 Å². The highest BCUT2D eigenvalue weighted by Gasteiger charge is 2.25. The molecule has 0 radical (unpaired) electrons. The van der Waals surface area contributed by atoms with Crippen molar-refractivity contribution in [3.63, 3.8) is 0 Å². The Balaban J connectivity index is 1.79. The first-order valence-electron chi connectivity index (χ1n) is 8.82. The fraction of sp³-hybridized carbons (Fsp3) is 0.632. The van der Waals surface area contributed by atoms with Crippen LogP contribution in [-0.4, -0.2) is 36.0 Å². The van der Waals surface area contributed by atoms with Crippen LogP contribution in [0.2, 0.25) is 0 Å². The maximum atomic E-state index is 12.1. The first kappa shape index (κ1) is 18.0. The minimum atomic E-state index is -0.378. The lowest BCUT2D eigenvalue weighted by Gasteiger charge is -2.36. The van der Waals surface area contributed by atoms with Gasteiger partial charge in [-0.15, -0.1) is 0 Å². The van der Waals surface area contributed by atoms with Crippen molar-refractivity contribution in [2.45, 2.75) is 58.2 Å². The maximum Gasteiger partial charge on any atom is 0.237 e. The number of carbonyl (C=O) groups excluding carboxylic acids is 1. The molecule has 4 heteroatoms. The Kier molecular flexibility index (Phi) is 6.60. The third kappa shape index (κ3) is 5.33. The number of nitrogens with two attached hydrogens (primary N) is 1. The molecule has 1 heterocycles. The van der Waals surface area contributed by atoms with Crippen LogP contribution in [0.25, 0.3) is 0 Å². The van der Waals surface area contributed by atoms with E-state index in [1.54, 1.807) is 0 Å². The molecular formula is C19H31N3O. The second-order valence-corrected chi connectivity index (χ2v) is 7.14. The number of likely N-dealkylation sites (tertiary alicyclic amines) is 1. The number of nitrogens with one attached hydrogen (secondary N) is 1. The van der Waals surface area contributed by atoms with Crippen LogP contribution >= 0.6 is 0 Å². The van der Waals surface area contributed by atoms with Crippen LogP contribution in [0, 0.1) is 5.92 Å². The van der Waals surface area contributed by atoms with Crippen LogP contribution in [0.3, 0.4) is 0 Å². The number of piperidine rings is 1. The van der Waals surface area contributed by atoms with Gasteiger partial charge in [0.2, 0.25) is 5.91 Å². The Morgan fingerprint density at radius 1 is 1.22 bits per heavy atom. The summed E-state index contributed by atoms with van der Waals surface area (Å²) in [6.07, 6.45) is 2.74. The predicted molar refractivity (Wildman–Crippen MR) is 95.0 cm³/mol. The molecule has 23 heavy (non-hydrogen) atoms. The molecule has 3 N–H and O–H groups in total. The average molecular weight is 317 g/mol. The summed E-state index contributed by atoms with van der Waals surface area (Å²) in [5, 5.41) is 3.13. The van der Waals surface area contributed by atoms with Crippen molar-refractivity contribution in [3.8, 4) is 0 Å². The third-order valence-electron chi connectivity index (χ3n) is 4.77. The van der Waals surface area contributed by atoms with Gasteiger partial charge in [0.05, 0.1) is 6.04 Å². The molecule has 2 atom stereocenters. The van der Waals surface area contributed by atoms with Gasteiger partial charge in [0, 0.05) is 25.2 Å². The average Bonchev–Trinajstić information content (AvgIpc) is 2.55. The molecule has 1 fully saturated rings. The summed E-state index contributed by atoms with van der Waals surface area (Å²) in [6.45, 7) is 8.47. The van der Waals surface area contributed by atoms with Gasteiger partial charge in [-0.25, -0.2) is 0 Å². The number of benzene rings is 1. The molecule has 4 nitrogen and oxygen atoms in total. The van der Waals surface area contributed by atoms with Gasteiger partial charge in [-0.3, -0.25) is 9.69 Å². The van der Waals surface area contributed by atoms with E-state index < -0.39 is 0 Å². The predicted octanol–water partition coefficient (Wildman–Crippen LogP) is 2.70. The molecule has 1 saturated heterocycles. The first-order valence-corrected chi connectivity index (χ1v) is 8.82. The standard InChI is InChI=1S/C19H31N3O/c1-14(2)13-18(20)19(23)21-17-9-11-22(12-10-17)15(3)16-7-5-4-6-8-16/h4-8,14-15,17-18H,9-13,20H2,1-3H3,(H,21,23)/t15-,18+/m1/s1. The molecule has 0 aromatic heterocycles. The highest BCUT2D eigenvalue weighted by molar-refractivity contribution is 5.81. The molecule has 2 rings (SSSR count). The molecule has 1 aliphatic rings. The molecule has 1 aromatic rings. The molecule has 0 aliphatic carbocycles. The van der Waals surface area contributed by atoms with Gasteiger partial charge in [0.1, 0.15) is 0 Å². The van der Waals surface area contributed by atoms with E-state index in [1.165, 1.54) is 5.56 Å². The number of nitrogens with zero attached hydrogens (tertiary/aromatic N) is 1. The zero-order valence-electron chi connectivity index (χ0n) is 14.7. The van der Waals surface area contributed by atoms with Crippen molar-refractivity contribution < 1.29 is 4.79 Å². The zero-order chi connectivity index (χ0) is 16.8. The van der Waals surface area contributed by atoms with E-state index in [4.69, 9.17) is 5.73 Å². The molecule has 0 spiro atoms. The summed E-state index contributed by atoms with van der Waals surface area (Å²) < 4.78 is 0. The highest BCUT2D eigenvalue weighted by Crippen LogP contribution is 2.24. The Morgan fingerprint density at radius 2 is 1.83 bits per heavy atom. The van der Waals surface area contributed by atoms with Crippen molar-refractivity contribution in [1.82, 2.24) is 10.2 Å². The molecule has 0 bridgehead atoms. The normalized spacial score (nSPS) is 19.5.